The van der Waals surface area contributed by atoms with E-state index in [4.69, 9.17) is 9.47 Å². The molecule has 0 unspecified atom stereocenters. The monoisotopic (exact) mass is 479 g/mol. The topological polar surface area (TPSA) is 71.1 Å². The summed E-state index contributed by atoms with van der Waals surface area (Å²) in [7, 11) is 3.11. The maximum Gasteiger partial charge on any atom is 0.322 e. The van der Waals surface area contributed by atoms with Crippen LogP contribution in [0.2, 0.25) is 0 Å². The number of carbonyl (C=O) groups excluding carboxylic acids is 2. The summed E-state index contributed by atoms with van der Waals surface area (Å²) in [6.45, 7) is 1.02. The number of amides is 3. The van der Waals surface area contributed by atoms with Crippen LogP contribution < -0.4 is 14.8 Å². The summed E-state index contributed by atoms with van der Waals surface area (Å²) in [6.07, 6.45) is 1.79. The van der Waals surface area contributed by atoms with Crippen molar-refractivity contribution < 1.29 is 19.1 Å². The molecule has 1 heterocycles. The van der Waals surface area contributed by atoms with Crippen molar-refractivity contribution in [2.75, 3.05) is 26.1 Å². The van der Waals surface area contributed by atoms with E-state index in [9.17, 15) is 9.59 Å². The van der Waals surface area contributed by atoms with Crippen molar-refractivity contribution in [3.63, 3.8) is 0 Å². The molecule has 1 aromatic heterocycles. The van der Waals surface area contributed by atoms with Gasteiger partial charge in [0.2, 0.25) is 5.91 Å². The van der Waals surface area contributed by atoms with Gasteiger partial charge in [0.05, 0.1) is 26.5 Å². The first kappa shape index (κ1) is 23.6. The molecule has 1 aliphatic carbocycles. The van der Waals surface area contributed by atoms with Crippen LogP contribution in [0.5, 0.6) is 11.5 Å². The van der Waals surface area contributed by atoms with Crippen LogP contribution in [-0.4, -0.2) is 48.5 Å². The smallest absolute Gasteiger partial charge is 0.322 e. The number of methoxy groups -OCH3 is 2. The molecule has 7 nitrogen and oxygen atoms in total. The van der Waals surface area contributed by atoms with Crippen LogP contribution in [-0.2, 0) is 17.9 Å². The van der Waals surface area contributed by atoms with Crippen molar-refractivity contribution in [2.24, 2.45) is 0 Å². The maximum absolute atomic E-state index is 13.4. The fraction of sp³-hybridized carbons (Fsp3) is 0.308. The molecule has 0 atom stereocenters. The number of nitrogens with one attached hydrogen (secondary N) is 1. The molecule has 3 amide bonds. The minimum Gasteiger partial charge on any atom is -0.497 e. The fourth-order valence-corrected chi connectivity index (χ4v) is 4.43. The third-order valence-electron chi connectivity index (χ3n) is 5.70. The number of carbonyl (C=O) groups is 2. The quantitative estimate of drug-likeness (QED) is 0.445. The minimum atomic E-state index is -0.310. The van der Waals surface area contributed by atoms with Crippen molar-refractivity contribution in [3.05, 3.63) is 76.5 Å². The van der Waals surface area contributed by atoms with Gasteiger partial charge in [-0.1, -0.05) is 36.4 Å². The lowest BCUT2D eigenvalue weighted by atomic mass is 10.2. The van der Waals surface area contributed by atoms with Gasteiger partial charge in [-0.15, -0.1) is 11.3 Å². The Hall–Kier alpha value is -3.52. The predicted molar refractivity (Wildman–Crippen MR) is 133 cm³/mol. The highest BCUT2D eigenvalue weighted by Gasteiger charge is 2.35. The van der Waals surface area contributed by atoms with E-state index in [0.29, 0.717) is 30.3 Å². The highest BCUT2D eigenvalue weighted by atomic mass is 32.1. The Kier molecular flexibility index (Phi) is 7.69. The van der Waals surface area contributed by atoms with E-state index >= 15 is 0 Å². The first-order chi connectivity index (χ1) is 16.6. The van der Waals surface area contributed by atoms with Crippen molar-refractivity contribution >= 4 is 29.0 Å². The Bertz CT molecular complexity index is 1100. The summed E-state index contributed by atoms with van der Waals surface area (Å²) in [5, 5.41) is 4.92. The average Bonchev–Trinajstić information content (AvgIpc) is 3.57. The van der Waals surface area contributed by atoms with Crippen molar-refractivity contribution in [3.8, 4) is 11.5 Å². The molecule has 1 saturated carbocycles. The third kappa shape index (κ3) is 6.08. The number of hydrogen-bond donors (Lipinski definition) is 1. The highest BCUT2D eigenvalue weighted by Crippen LogP contribution is 2.31. The predicted octanol–water partition coefficient (Wildman–Crippen LogP) is 4.99. The van der Waals surface area contributed by atoms with Gasteiger partial charge in [0.15, 0.2) is 0 Å². The van der Waals surface area contributed by atoms with Crippen molar-refractivity contribution in [2.45, 2.75) is 32.0 Å². The van der Waals surface area contributed by atoms with Crippen LogP contribution in [0, 0.1) is 0 Å². The summed E-state index contributed by atoms with van der Waals surface area (Å²) >= 11 is 1.62. The number of benzene rings is 2. The second kappa shape index (κ2) is 11.1. The van der Waals surface area contributed by atoms with Gasteiger partial charge in [-0.2, -0.15) is 0 Å². The van der Waals surface area contributed by atoms with E-state index < -0.39 is 0 Å². The summed E-state index contributed by atoms with van der Waals surface area (Å²) in [6, 6.07) is 18.9. The zero-order chi connectivity index (χ0) is 23.9. The van der Waals surface area contributed by atoms with E-state index in [-0.39, 0.29) is 24.5 Å². The SMILES string of the molecule is COc1ccc(NC(=O)N(CC(=O)N(Cc2ccccc2)Cc2cccs2)C2CC2)c(OC)c1. The molecule has 2 aromatic carbocycles. The Morgan fingerprint density at radius 1 is 1.00 bits per heavy atom. The number of anilines is 1. The lowest BCUT2D eigenvalue weighted by Crippen LogP contribution is -2.45. The lowest BCUT2D eigenvalue weighted by molar-refractivity contribution is -0.133. The zero-order valence-corrected chi connectivity index (χ0v) is 20.2. The average molecular weight is 480 g/mol. The molecule has 0 bridgehead atoms. The Morgan fingerprint density at radius 2 is 1.79 bits per heavy atom. The van der Waals surface area contributed by atoms with Crippen molar-refractivity contribution in [1.82, 2.24) is 9.80 Å². The van der Waals surface area contributed by atoms with Crippen LogP contribution in [0.25, 0.3) is 0 Å². The normalized spacial score (nSPS) is 12.6. The van der Waals surface area contributed by atoms with E-state index in [0.717, 1.165) is 23.3 Å². The van der Waals surface area contributed by atoms with E-state index in [1.54, 1.807) is 48.7 Å². The van der Waals surface area contributed by atoms with Gasteiger partial charge in [-0.05, 0) is 42.0 Å². The Morgan fingerprint density at radius 3 is 2.44 bits per heavy atom. The molecule has 4 rings (SSSR count). The number of urea groups is 1. The molecule has 0 spiro atoms. The minimum absolute atomic E-state index is 0.0210. The number of nitrogens with zero attached hydrogens (tertiary/aromatic N) is 2. The lowest BCUT2D eigenvalue weighted by Gasteiger charge is -2.28. The number of hydrogen-bond acceptors (Lipinski definition) is 5. The first-order valence-electron chi connectivity index (χ1n) is 11.2. The van der Waals surface area contributed by atoms with E-state index in [1.165, 1.54) is 0 Å². The number of ether oxygens (including phenoxy) is 2. The molecule has 1 N–H and O–H groups in total. The molecular formula is C26H29N3O4S. The number of rotatable bonds is 10. The van der Waals surface area contributed by atoms with Crippen LogP contribution in [0.3, 0.4) is 0 Å². The number of thiophene rings is 1. The first-order valence-corrected chi connectivity index (χ1v) is 12.1. The molecule has 8 heteroatoms. The molecule has 0 radical (unpaired) electrons. The molecular weight excluding hydrogens is 450 g/mol. The second-order valence-corrected chi connectivity index (χ2v) is 9.20. The third-order valence-corrected chi connectivity index (χ3v) is 6.56. The van der Waals surface area contributed by atoms with Crippen LogP contribution in [0.15, 0.2) is 66.0 Å². The standard InChI is InChI=1S/C26H29N3O4S/c1-32-21-12-13-23(24(15-21)33-2)27-26(31)29(20-10-11-20)18-25(30)28(17-22-9-6-14-34-22)16-19-7-4-3-5-8-19/h3-9,12-15,20H,10-11,16-18H2,1-2H3,(H,27,31). The molecule has 0 saturated heterocycles. The molecule has 3 aromatic rings. The van der Waals surface area contributed by atoms with E-state index in [1.807, 2.05) is 52.7 Å². The summed E-state index contributed by atoms with van der Waals surface area (Å²) < 4.78 is 10.6. The molecule has 0 aliphatic heterocycles. The molecule has 1 fully saturated rings. The zero-order valence-electron chi connectivity index (χ0n) is 19.4. The van der Waals surface area contributed by atoms with E-state index in [2.05, 4.69) is 5.32 Å². The van der Waals surface area contributed by atoms with Gasteiger partial charge < -0.3 is 24.6 Å². The van der Waals surface area contributed by atoms with Crippen molar-refractivity contribution in [1.29, 1.82) is 0 Å². The fourth-order valence-electron chi connectivity index (χ4n) is 3.71. The summed E-state index contributed by atoms with van der Waals surface area (Å²) in [5.74, 6) is 1.05. The molecule has 1 aliphatic rings. The van der Waals surface area contributed by atoms with Gasteiger partial charge in [0, 0.05) is 23.5 Å². The van der Waals surface area contributed by atoms with Gasteiger partial charge in [-0.3, -0.25) is 4.79 Å². The largest absolute Gasteiger partial charge is 0.497 e. The second-order valence-electron chi connectivity index (χ2n) is 8.17. The Balaban J connectivity index is 1.48. The van der Waals surface area contributed by atoms with Crippen LogP contribution in [0.4, 0.5) is 10.5 Å². The highest BCUT2D eigenvalue weighted by molar-refractivity contribution is 7.09. The summed E-state index contributed by atoms with van der Waals surface area (Å²) in [5.41, 5.74) is 1.59. The maximum atomic E-state index is 13.4. The summed E-state index contributed by atoms with van der Waals surface area (Å²) in [4.78, 5) is 31.2. The van der Waals surface area contributed by atoms with Gasteiger partial charge in [0.25, 0.3) is 0 Å². The van der Waals surface area contributed by atoms with Gasteiger partial charge in [0.1, 0.15) is 18.0 Å². The van der Waals surface area contributed by atoms with Crippen LogP contribution in [0.1, 0.15) is 23.3 Å². The van der Waals surface area contributed by atoms with Gasteiger partial charge in [-0.25, -0.2) is 4.79 Å². The molecule has 34 heavy (non-hydrogen) atoms. The van der Waals surface area contributed by atoms with Gasteiger partial charge >= 0.3 is 6.03 Å². The van der Waals surface area contributed by atoms with Crippen LogP contribution >= 0.6 is 11.3 Å². The Labute approximate surface area is 203 Å². The molecule has 178 valence electrons.